The van der Waals surface area contributed by atoms with Gasteiger partial charge >= 0.3 is 5.97 Å². The van der Waals surface area contributed by atoms with E-state index in [9.17, 15) is 9.59 Å². The molecule has 0 saturated heterocycles. The number of carbonyl (C=O) groups excluding carboxylic acids is 2. The van der Waals surface area contributed by atoms with Gasteiger partial charge in [-0.25, -0.2) is 0 Å². The first-order valence-electron chi connectivity index (χ1n) is 10.4. The van der Waals surface area contributed by atoms with Crippen LogP contribution < -0.4 is 4.74 Å². The fourth-order valence-electron chi connectivity index (χ4n) is 3.70. The average molecular weight is 421 g/mol. The second kappa shape index (κ2) is 9.00. The van der Waals surface area contributed by atoms with Crippen LogP contribution in [-0.2, 0) is 25.2 Å². The molecule has 1 fully saturated rings. The van der Waals surface area contributed by atoms with Gasteiger partial charge in [0.15, 0.2) is 14.1 Å². The number of hydrogen-bond acceptors (Lipinski definition) is 5. The Morgan fingerprint density at radius 1 is 1.14 bits per heavy atom. The first-order chi connectivity index (χ1) is 13.4. The number of ether oxygens (including phenoxy) is 2. The van der Waals surface area contributed by atoms with E-state index >= 15 is 0 Å². The number of methoxy groups -OCH3 is 2. The highest BCUT2D eigenvalue weighted by molar-refractivity contribution is 6.74. The molecule has 2 rings (SSSR count). The van der Waals surface area contributed by atoms with Crippen LogP contribution in [0.2, 0.25) is 18.1 Å². The van der Waals surface area contributed by atoms with E-state index in [2.05, 4.69) is 33.9 Å². The largest absolute Gasteiger partial charge is 0.497 e. The Hall–Kier alpha value is -1.66. The third-order valence-corrected chi connectivity index (χ3v) is 11.2. The zero-order valence-electron chi connectivity index (χ0n) is 19.0. The number of esters is 1. The van der Waals surface area contributed by atoms with Gasteiger partial charge in [0, 0.05) is 12.5 Å². The summed E-state index contributed by atoms with van der Waals surface area (Å²) in [6.07, 6.45) is 2.47. The minimum atomic E-state index is -1.94. The zero-order valence-corrected chi connectivity index (χ0v) is 20.0. The van der Waals surface area contributed by atoms with E-state index in [-0.39, 0.29) is 16.9 Å². The minimum absolute atomic E-state index is 0.00207. The molecule has 0 aliphatic heterocycles. The van der Waals surface area contributed by atoms with Crippen LogP contribution in [0.1, 0.15) is 52.0 Å². The van der Waals surface area contributed by atoms with Crippen LogP contribution in [0.5, 0.6) is 5.75 Å². The summed E-state index contributed by atoms with van der Waals surface area (Å²) >= 11 is 0. The lowest BCUT2D eigenvalue weighted by Crippen LogP contribution is -2.44. The molecule has 1 aliphatic carbocycles. The quantitative estimate of drug-likeness (QED) is 0.283. The fourth-order valence-corrected chi connectivity index (χ4v) is 5.12. The lowest BCUT2D eigenvalue weighted by atomic mass is 9.74. The molecule has 2 atom stereocenters. The first kappa shape index (κ1) is 23.6. The lowest BCUT2D eigenvalue weighted by molar-refractivity contribution is -0.158. The first-order valence-corrected chi connectivity index (χ1v) is 13.3. The smallest absolute Gasteiger partial charge is 0.319 e. The number of ketones is 1. The van der Waals surface area contributed by atoms with E-state index in [1.165, 1.54) is 7.11 Å². The topological polar surface area (TPSA) is 61.8 Å². The van der Waals surface area contributed by atoms with Crippen LogP contribution in [-0.4, -0.2) is 40.4 Å². The molecule has 1 saturated carbocycles. The predicted molar refractivity (Wildman–Crippen MR) is 117 cm³/mol. The molecule has 1 aromatic carbocycles. The second-order valence-corrected chi connectivity index (χ2v) is 14.4. The lowest BCUT2D eigenvalue weighted by Gasteiger charge is -2.39. The number of carbonyl (C=O) groups is 2. The Morgan fingerprint density at radius 3 is 2.28 bits per heavy atom. The maximum Gasteiger partial charge on any atom is 0.319 e. The SMILES string of the molecule is COC(=O)[C@]1(Cc2ccc(OC)cc2)CC[C@H](O[Si](C)(C)C(C)(C)C)CCC1=O. The third kappa shape index (κ3) is 5.28. The summed E-state index contributed by atoms with van der Waals surface area (Å²) in [5.41, 5.74) is -0.220. The standard InChI is InChI=1S/C23H36O5Si/c1-22(2,3)29(6,7)28-19-12-13-20(24)23(15-14-19,21(25)27-5)16-17-8-10-18(26-4)11-9-17/h8-11,19H,12-16H2,1-7H3/t19-,23+/m1/s1. The molecule has 0 heterocycles. The summed E-state index contributed by atoms with van der Waals surface area (Å²) in [5.74, 6) is 0.267. The van der Waals surface area contributed by atoms with Crippen molar-refractivity contribution in [2.45, 2.75) is 77.1 Å². The van der Waals surface area contributed by atoms with E-state index in [0.717, 1.165) is 11.3 Å². The highest BCUT2D eigenvalue weighted by Crippen LogP contribution is 2.42. The van der Waals surface area contributed by atoms with Crippen molar-refractivity contribution < 1.29 is 23.5 Å². The molecular formula is C23H36O5Si. The number of benzene rings is 1. The van der Waals surface area contributed by atoms with Gasteiger partial charge in [-0.1, -0.05) is 32.9 Å². The van der Waals surface area contributed by atoms with Gasteiger partial charge in [-0.05, 0) is 61.5 Å². The van der Waals surface area contributed by atoms with Gasteiger partial charge in [-0.2, -0.15) is 0 Å². The van der Waals surface area contributed by atoms with Crippen LogP contribution in [0.4, 0.5) is 0 Å². The minimum Gasteiger partial charge on any atom is -0.497 e. The van der Waals surface area contributed by atoms with Crippen molar-refractivity contribution >= 4 is 20.1 Å². The molecular weight excluding hydrogens is 384 g/mol. The molecule has 1 aliphatic rings. The highest BCUT2D eigenvalue weighted by Gasteiger charge is 2.49. The van der Waals surface area contributed by atoms with Crippen molar-refractivity contribution in [3.8, 4) is 5.75 Å². The Kier molecular flexibility index (Phi) is 7.33. The van der Waals surface area contributed by atoms with Gasteiger partial charge in [-0.15, -0.1) is 0 Å². The summed E-state index contributed by atoms with van der Waals surface area (Å²) in [4.78, 5) is 26.0. The Labute approximate surface area is 176 Å². The molecule has 5 nitrogen and oxygen atoms in total. The molecule has 29 heavy (non-hydrogen) atoms. The van der Waals surface area contributed by atoms with Crippen LogP contribution in [0.15, 0.2) is 24.3 Å². The Bertz CT molecular complexity index is 720. The van der Waals surface area contributed by atoms with Crippen LogP contribution in [0.3, 0.4) is 0 Å². The van der Waals surface area contributed by atoms with Crippen molar-refractivity contribution in [1.29, 1.82) is 0 Å². The number of Topliss-reactive ketones (excluding diaryl/α,β-unsaturated/α-hetero) is 1. The molecule has 0 N–H and O–H groups in total. The zero-order chi connectivity index (χ0) is 21.9. The van der Waals surface area contributed by atoms with Crippen molar-refractivity contribution in [3.63, 3.8) is 0 Å². The van der Waals surface area contributed by atoms with Gasteiger partial charge in [0.2, 0.25) is 0 Å². The highest BCUT2D eigenvalue weighted by atomic mass is 28.4. The molecule has 0 unspecified atom stereocenters. The van der Waals surface area contributed by atoms with Crippen molar-refractivity contribution in [3.05, 3.63) is 29.8 Å². The summed E-state index contributed by atoms with van der Waals surface area (Å²) in [6.45, 7) is 11.1. The summed E-state index contributed by atoms with van der Waals surface area (Å²) in [6, 6.07) is 7.52. The number of hydrogen-bond donors (Lipinski definition) is 0. The molecule has 0 amide bonds. The number of rotatable bonds is 6. The van der Waals surface area contributed by atoms with E-state index in [1.807, 2.05) is 24.3 Å². The molecule has 0 aromatic heterocycles. The Morgan fingerprint density at radius 2 is 1.76 bits per heavy atom. The predicted octanol–water partition coefficient (Wildman–Crippen LogP) is 4.93. The molecule has 0 spiro atoms. The van der Waals surface area contributed by atoms with E-state index in [4.69, 9.17) is 13.9 Å². The van der Waals surface area contributed by atoms with E-state index < -0.39 is 19.7 Å². The monoisotopic (exact) mass is 420 g/mol. The summed E-state index contributed by atoms with van der Waals surface area (Å²) in [7, 11) is 1.03. The van der Waals surface area contributed by atoms with Crippen LogP contribution in [0, 0.1) is 5.41 Å². The van der Waals surface area contributed by atoms with Crippen molar-refractivity contribution in [1.82, 2.24) is 0 Å². The molecule has 0 bridgehead atoms. The normalized spacial score (nSPS) is 23.4. The van der Waals surface area contributed by atoms with Gasteiger partial charge in [0.1, 0.15) is 11.2 Å². The molecule has 162 valence electrons. The van der Waals surface area contributed by atoms with Crippen molar-refractivity contribution in [2.75, 3.05) is 14.2 Å². The average Bonchev–Trinajstić information content (AvgIpc) is 2.81. The summed E-state index contributed by atoms with van der Waals surface area (Å²) in [5, 5.41) is 0.103. The van der Waals surface area contributed by atoms with Crippen LogP contribution in [0.25, 0.3) is 0 Å². The van der Waals surface area contributed by atoms with Crippen LogP contribution >= 0.6 is 0 Å². The second-order valence-electron chi connectivity index (χ2n) is 9.60. The van der Waals surface area contributed by atoms with Gasteiger partial charge in [0.25, 0.3) is 0 Å². The van der Waals surface area contributed by atoms with Gasteiger partial charge < -0.3 is 13.9 Å². The van der Waals surface area contributed by atoms with Crippen molar-refractivity contribution in [2.24, 2.45) is 5.41 Å². The molecule has 1 aromatic rings. The van der Waals surface area contributed by atoms with Gasteiger partial charge in [0.05, 0.1) is 14.2 Å². The molecule has 0 radical (unpaired) electrons. The third-order valence-electron chi connectivity index (χ3n) is 6.63. The Balaban J connectivity index is 2.26. The maximum absolute atomic E-state index is 13.2. The van der Waals surface area contributed by atoms with Gasteiger partial charge in [-0.3, -0.25) is 9.59 Å². The molecule has 6 heteroatoms. The summed E-state index contributed by atoms with van der Waals surface area (Å²) < 4.78 is 16.9. The van der Waals surface area contributed by atoms with E-state index in [1.54, 1.807) is 7.11 Å². The van der Waals surface area contributed by atoms with E-state index in [0.29, 0.717) is 32.1 Å². The maximum atomic E-state index is 13.2. The fraction of sp³-hybridized carbons (Fsp3) is 0.652.